The van der Waals surface area contributed by atoms with Gasteiger partial charge in [-0.05, 0) is 25.1 Å². The summed E-state index contributed by atoms with van der Waals surface area (Å²) in [5, 5.41) is 0. The van der Waals surface area contributed by atoms with Gasteiger partial charge in [0.05, 0.1) is 12.7 Å². The Labute approximate surface area is 129 Å². The number of nitrogens with zero attached hydrogens (tertiary/aromatic N) is 2. The van der Waals surface area contributed by atoms with Gasteiger partial charge in [0.1, 0.15) is 11.6 Å². The van der Waals surface area contributed by atoms with E-state index in [-0.39, 0.29) is 11.5 Å². The molecule has 1 amide bonds. The Morgan fingerprint density at radius 1 is 1.33 bits per heavy atom. The topological polar surface area (TPSA) is 32.8 Å². The van der Waals surface area contributed by atoms with Gasteiger partial charge in [0.15, 0.2) is 0 Å². The van der Waals surface area contributed by atoms with Crippen LogP contribution >= 0.6 is 11.6 Å². The van der Waals surface area contributed by atoms with E-state index in [9.17, 15) is 9.18 Å². The Balaban J connectivity index is 2.06. The molecule has 1 aliphatic rings. The van der Waals surface area contributed by atoms with Crippen LogP contribution in [0.3, 0.4) is 0 Å². The van der Waals surface area contributed by atoms with Crippen LogP contribution in [0.5, 0.6) is 5.75 Å². The van der Waals surface area contributed by atoms with Crippen molar-refractivity contribution in [3.8, 4) is 5.75 Å². The molecule has 6 heteroatoms. The van der Waals surface area contributed by atoms with Gasteiger partial charge in [-0.3, -0.25) is 4.79 Å². The molecule has 1 heterocycles. The first-order valence-electron chi connectivity index (χ1n) is 7.07. The molecule has 0 N–H and O–H groups in total. The van der Waals surface area contributed by atoms with E-state index in [2.05, 4.69) is 4.90 Å². The molecular weight excluding hydrogens is 295 g/mol. The number of hydrogen-bond acceptors (Lipinski definition) is 3. The standard InChI is InChI=1S/C15H20ClFN2O2/c1-21-12-3-4-13(14(17)11-12)15(20)19-7-2-6-18(8-5-16)9-10-19/h3-4,11H,2,5-10H2,1H3. The molecule has 0 atom stereocenters. The fourth-order valence-corrected chi connectivity index (χ4v) is 2.72. The van der Waals surface area contributed by atoms with Crippen LogP contribution in [0.25, 0.3) is 0 Å². The van der Waals surface area contributed by atoms with Crippen molar-refractivity contribution in [3.05, 3.63) is 29.6 Å². The number of halogens is 2. The maximum Gasteiger partial charge on any atom is 0.256 e. The molecule has 0 aromatic heterocycles. The average Bonchev–Trinajstić information content (AvgIpc) is 2.72. The van der Waals surface area contributed by atoms with Crippen molar-refractivity contribution in [3.63, 3.8) is 0 Å². The van der Waals surface area contributed by atoms with Crippen molar-refractivity contribution in [2.75, 3.05) is 45.7 Å². The van der Waals surface area contributed by atoms with E-state index in [0.717, 1.165) is 26.1 Å². The molecule has 0 spiro atoms. The third-order valence-electron chi connectivity index (χ3n) is 3.68. The second-order valence-electron chi connectivity index (χ2n) is 5.02. The van der Waals surface area contributed by atoms with Gasteiger partial charge in [-0.25, -0.2) is 4.39 Å². The molecular formula is C15H20ClFN2O2. The predicted molar refractivity (Wildman–Crippen MR) is 80.6 cm³/mol. The minimum absolute atomic E-state index is 0.0987. The summed E-state index contributed by atoms with van der Waals surface area (Å²) in [4.78, 5) is 16.4. The zero-order valence-electron chi connectivity index (χ0n) is 12.1. The zero-order valence-corrected chi connectivity index (χ0v) is 12.9. The number of alkyl halides is 1. The van der Waals surface area contributed by atoms with E-state index in [1.807, 2.05) is 0 Å². The number of benzene rings is 1. The smallest absolute Gasteiger partial charge is 0.256 e. The van der Waals surface area contributed by atoms with E-state index in [1.54, 1.807) is 11.0 Å². The van der Waals surface area contributed by atoms with Gasteiger partial charge < -0.3 is 14.5 Å². The van der Waals surface area contributed by atoms with Crippen molar-refractivity contribution in [2.24, 2.45) is 0 Å². The number of carbonyl (C=O) groups is 1. The fourth-order valence-electron chi connectivity index (χ4n) is 2.48. The first kappa shape index (κ1) is 16.0. The van der Waals surface area contributed by atoms with E-state index >= 15 is 0 Å². The van der Waals surface area contributed by atoms with E-state index < -0.39 is 5.82 Å². The van der Waals surface area contributed by atoms with Crippen LogP contribution in [0.4, 0.5) is 4.39 Å². The minimum Gasteiger partial charge on any atom is -0.497 e. The van der Waals surface area contributed by atoms with Gasteiger partial charge in [0.25, 0.3) is 5.91 Å². The average molecular weight is 315 g/mol. The summed E-state index contributed by atoms with van der Waals surface area (Å²) in [6.45, 7) is 3.75. The van der Waals surface area contributed by atoms with Crippen LogP contribution < -0.4 is 4.74 Å². The lowest BCUT2D eigenvalue weighted by Gasteiger charge is -2.21. The molecule has 4 nitrogen and oxygen atoms in total. The Kier molecular flexibility index (Phi) is 5.82. The molecule has 1 fully saturated rings. The minimum atomic E-state index is -0.541. The molecule has 116 valence electrons. The van der Waals surface area contributed by atoms with Gasteiger partial charge in [0, 0.05) is 38.1 Å². The summed E-state index contributed by atoms with van der Waals surface area (Å²) in [6.07, 6.45) is 0.875. The molecule has 0 saturated carbocycles. The number of rotatable bonds is 4. The van der Waals surface area contributed by atoms with Gasteiger partial charge >= 0.3 is 0 Å². The van der Waals surface area contributed by atoms with Gasteiger partial charge in [-0.15, -0.1) is 11.6 Å². The fraction of sp³-hybridized carbons (Fsp3) is 0.533. The van der Waals surface area contributed by atoms with Crippen LogP contribution in [0.1, 0.15) is 16.8 Å². The third-order valence-corrected chi connectivity index (χ3v) is 3.85. The summed E-state index contributed by atoms with van der Waals surface area (Å²) in [6, 6.07) is 4.33. The number of hydrogen-bond donors (Lipinski definition) is 0. The maximum atomic E-state index is 14.0. The lowest BCUT2D eigenvalue weighted by molar-refractivity contribution is 0.0757. The quantitative estimate of drug-likeness (QED) is 0.799. The van der Waals surface area contributed by atoms with Gasteiger partial charge in [-0.2, -0.15) is 0 Å². The highest BCUT2D eigenvalue weighted by Crippen LogP contribution is 2.18. The summed E-state index contributed by atoms with van der Waals surface area (Å²) >= 11 is 5.75. The van der Waals surface area contributed by atoms with Gasteiger partial charge in [-0.1, -0.05) is 0 Å². The van der Waals surface area contributed by atoms with Crippen molar-refractivity contribution < 1.29 is 13.9 Å². The zero-order chi connectivity index (χ0) is 15.2. The summed E-state index contributed by atoms with van der Waals surface area (Å²) in [5.74, 6) is 0.193. The molecule has 1 aliphatic heterocycles. The normalized spacial score (nSPS) is 16.6. The lowest BCUT2D eigenvalue weighted by Crippen LogP contribution is -2.36. The largest absolute Gasteiger partial charge is 0.497 e. The molecule has 0 bridgehead atoms. The van der Waals surface area contributed by atoms with Crippen LogP contribution in [-0.2, 0) is 0 Å². The molecule has 21 heavy (non-hydrogen) atoms. The SMILES string of the molecule is COc1ccc(C(=O)N2CCCN(CCCl)CC2)c(F)c1. The molecule has 1 aromatic carbocycles. The molecule has 0 unspecified atom stereocenters. The second kappa shape index (κ2) is 7.61. The van der Waals surface area contributed by atoms with E-state index in [4.69, 9.17) is 16.3 Å². The van der Waals surface area contributed by atoms with Crippen molar-refractivity contribution in [1.29, 1.82) is 0 Å². The highest BCUT2D eigenvalue weighted by Gasteiger charge is 2.22. The van der Waals surface area contributed by atoms with E-state index in [1.165, 1.54) is 19.2 Å². The third kappa shape index (κ3) is 4.08. The molecule has 1 saturated heterocycles. The molecule has 1 aromatic rings. The number of amides is 1. The predicted octanol–water partition coefficient (Wildman–Crippen LogP) is 2.22. The number of carbonyl (C=O) groups excluding carboxylic acids is 1. The maximum absolute atomic E-state index is 14.0. The number of ether oxygens (including phenoxy) is 1. The van der Waals surface area contributed by atoms with Crippen molar-refractivity contribution in [1.82, 2.24) is 9.80 Å². The van der Waals surface area contributed by atoms with Gasteiger partial charge in [0.2, 0.25) is 0 Å². The van der Waals surface area contributed by atoms with Crippen LogP contribution in [0.15, 0.2) is 18.2 Å². The highest BCUT2D eigenvalue weighted by atomic mass is 35.5. The molecule has 0 radical (unpaired) electrons. The first-order valence-corrected chi connectivity index (χ1v) is 7.60. The monoisotopic (exact) mass is 314 g/mol. The van der Waals surface area contributed by atoms with Crippen molar-refractivity contribution >= 4 is 17.5 Å². The summed E-state index contributed by atoms with van der Waals surface area (Å²) in [5.41, 5.74) is 0.0987. The van der Waals surface area contributed by atoms with Crippen LogP contribution in [0, 0.1) is 5.82 Å². The lowest BCUT2D eigenvalue weighted by atomic mass is 10.1. The summed E-state index contributed by atoms with van der Waals surface area (Å²) in [7, 11) is 1.47. The van der Waals surface area contributed by atoms with Crippen molar-refractivity contribution in [2.45, 2.75) is 6.42 Å². The highest BCUT2D eigenvalue weighted by molar-refractivity contribution is 6.18. The Morgan fingerprint density at radius 2 is 2.14 bits per heavy atom. The van der Waals surface area contributed by atoms with Crippen LogP contribution in [0.2, 0.25) is 0 Å². The second-order valence-corrected chi connectivity index (χ2v) is 5.40. The molecule has 2 rings (SSSR count). The Bertz CT molecular complexity index is 499. The van der Waals surface area contributed by atoms with Crippen LogP contribution in [-0.4, -0.2) is 61.4 Å². The van der Waals surface area contributed by atoms with E-state index in [0.29, 0.717) is 24.7 Å². The number of methoxy groups -OCH3 is 1. The Morgan fingerprint density at radius 3 is 2.81 bits per heavy atom. The Hall–Kier alpha value is -1.33. The molecule has 0 aliphatic carbocycles. The first-order chi connectivity index (χ1) is 10.2. The summed E-state index contributed by atoms with van der Waals surface area (Å²) < 4.78 is 18.9.